The van der Waals surface area contributed by atoms with Crippen molar-refractivity contribution in [1.82, 2.24) is 0 Å². The molecule has 0 saturated carbocycles. The van der Waals surface area contributed by atoms with Gasteiger partial charge in [-0.1, -0.05) is 24.3 Å². The molecule has 1 fully saturated rings. The van der Waals surface area contributed by atoms with Crippen LogP contribution in [0.4, 0.5) is 0 Å². The topological polar surface area (TPSA) is 41.5 Å². The SMILES string of the molecule is CC1(C)OC(c2ccc[cH-]2)OC1(C)C.[O-]C=C1C=CC=C1.[Ru+2]. The van der Waals surface area contributed by atoms with Gasteiger partial charge in [0, 0.05) is 0 Å². The van der Waals surface area contributed by atoms with Crippen LogP contribution >= 0.6 is 0 Å². The quantitative estimate of drug-likeness (QED) is 0.422. The van der Waals surface area contributed by atoms with Gasteiger partial charge in [0.1, 0.15) is 0 Å². The van der Waals surface area contributed by atoms with Gasteiger partial charge in [-0.2, -0.15) is 12.1 Å². The van der Waals surface area contributed by atoms with Gasteiger partial charge >= 0.3 is 19.5 Å². The monoisotopic (exact) mass is 388 g/mol. The zero-order chi connectivity index (χ0) is 15.5. The van der Waals surface area contributed by atoms with E-state index in [-0.39, 0.29) is 37.0 Å². The van der Waals surface area contributed by atoms with E-state index in [1.165, 1.54) is 0 Å². The molecule has 0 radical (unpaired) electrons. The van der Waals surface area contributed by atoms with E-state index in [9.17, 15) is 5.11 Å². The minimum atomic E-state index is -0.241. The van der Waals surface area contributed by atoms with Gasteiger partial charge < -0.3 is 14.6 Å². The smallest absolute Gasteiger partial charge is 0.877 e. The molecule has 3 rings (SSSR count). The second-order valence-electron chi connectivity index (χ2n) is 6.14. The second kappa shape index (κ2) is 7.45. The Kier molecular flexibility index (Phi) is 6.42. The molecule has 1 heterocycles. The molecule has 3 nitrogen and oxygen atoms in total. The van der Waals surface area contributed by atoms with Gasteiger partial charge in [-0.25, -0.2) is 12.1 Å². The van der Waals surface area contributed by atoms with Gasteiger partial charge in [0.25, 0.3) is 0 Å². The molecular formula is C18H22O3Ru. The van der Waals surface area contributed by atoms with E-state index in [0.717, 1.165) is 17.4 Å². The summed E-state index contributed by atoms with van der Waals surface area (Å²) in [6.45, 7) is 8.26. The van der Waals surface area contributed by atoms with E-state index in [4.69, 9.17) is 9.47 Å². The summed E-state index contributed by atoms with van der Waals surface area (Å²) in [5.41, 5.74) is 1.37. The van der Waals surface area contributed by atoms with Gasteiger partial charge in [0.15, 0.2) is 6.29 Å². The Morgan fingerprint density at radius 3 is 2.00 bits per heavy atom. The summed E-state index contributed by atoms with van der Waals surface area (Å²) in [5, 5.41) is 9.87. The van der Waals surface area contributed by atoms with E-state index in [0.29, 0.717) is 0 Å². The maximum absolute atomic E-state index is 9.87. The van der Waals surface area contributed by atoms with Crippen molar-refractivity contribution < 1.29 is 34.1 Å². The molecule has 0 atom stereocenters. The minimum Gasteiger partial charge on any atom is -0.877 e. The molecule has 1 aromatic carbocycles. The molecule has 0 bridgehead atoms. The zero-order valence-electron chi connectivity index (χ0n) is 13.4. The van der Waals surface area contributed by atoms with Crippen molar-refractivity contribution in [3.63, 3.8) is 0 Å². The Bertz CT molecular complexity index is 521. The fourth-order valence-electron chi connectivity index (χ4n) is 1.99. The predicted molar refractivity (Wildman–Crippen MR) is 81.5 cm³/mol. The third-order valence-electron chi connectivity index (χ3n) is 4.04. The molecule has 1 aromatic rings. The summed E-state index contributed by atoms with van der Waals surface area (Å²) in [6, 6.07) is 8.06. The third-order valence-corrected chi connectivity index (χ3v) is 4.04. The summed E-state index contributed by atoms with van der Waals surface area (Å²) in [6.07, 6.45) is 7.84. The first-order valence-electron chi connectivity index (χ1n) is 7.10. The maximum Gasteiger partial charge on any atom is 2.00 e. The van der Waals surface area contributed by atoms with Crippen LogP contribution in [0.25, 0.3) is 0 Å². The number of hydrogen-bond acceptors (Lipinski definition) is 3. The molecule has 0 aromatic heterocycles. The standard InChI is InChI=1S/C12H17O2.C6H6O.Ru/c1-11(2)12(3,4)14-10(13-11)9-7-5-6-8-9;7-5-6-3-1-2-4-6;/h5-8,10H,1-4H3;1-5,7H;/q-1;;+2/p-1. The van der Waals surface area contributed by atoms with E-state index >= 15 is 0 Å². The van der Waals surface area contributed by atoms with E-state index in [1.54, 1.807) is 12.2 Å². The minimum absolute atomic E-state index is 0. The molecule has 1 aliphatic carbocycles. The summed E-state index contributed by atoms with van der Waals surface area (Å²) >= 11 is 0. The van der Waals surface area contributed by atoms with Crippen LogP contribution in [0.5, 0.6) is 0 Å². The molecule has 0 amide bonds. The molecule has 0 spiro atoms. The average Bonchev–Trinajstić information content (AvgIpc) is 3.13. The number of rotatable bonds is 1. The molecular weight excluding hydrogens is 365 g/mol. The molecule has 2 aliphatic rings. The van der Waals surface area contributed by atoms with Crippen LogP contribution in [0.2, 0.25) is 0 Å². The van der Waals surface area contributed by atoms with Crippen LogP contribution in [0, 0.1) is 0 Å². The summed E-state index contributed by atoms with van der Waals surface area (Å²) in [7, 11) is 0. The first kappa shape index (κ1) is 19.0. The third kappa shape index (κ3) is 4.22. The van der Waals surface area contributed by atoms with E-state index < -0.39 is 0 Å². The molecule has 1 aliphatic heterocycles. The Labute approximate surface area is 145 Å². The first-order chi connectivity index (χ1) is 9.86. The molecule has 120 valence electrons. The van der Waals surface area contributed by atoms with Crippen molar-refractivity contribution in [1.29, 1.82) is 0 Å². The summed E-state index contributed by atoms with van der Waals surface area (Å²) in [4.78, 5) is 0. The van der Waals surface area contributed by atoms with Gasteiger partial charge in [-0.3, -0.25) is 0 Å². The number of hydrogen-bond donors (Lipinski definition) is 0. The van der Waals surface area contributed by atoms with Crippen LogP contribution < -0.4 is 5.11 Å². The molecule has 1 saturated heterocycles. The molecule has 0 unspecified atom stereocenters. The fraction of sp³-hybridized carbons (Fsp3) is 0.389. The van der Waals surface area contributed by atoms with Crippen LogP contribution in [0.15, 0.2) is 60.4 Å². The number of ether oxygens (including phenoxy) is 2. The van der Waals surface area contributed by atoms with E-state index in [2.05, 4.69) is 27.7 Å². The van der Waals surface area contributed by atoms with Crippen LogP contribution in [-0.2, 0) is 29.0 Å². The molecule has 0 N–H and O–H groups in total. The van der Waals surface area contributed by atoms with E-state index in [1.807, 2.05) is 36.4 Å². The van der Waals surface area contributed by atoms with Gasteiger partial charge in [0.2, 0.25) is 0 Å². The summed E-state index contributed by atoms with van der Waals surface area (Å²) in [5.74, 6) is 0. The van der Waals surface area contributed by atoms with Crippen molar-refractivity contribution in [3.05, 3.63) is 66.0 Å². The van der Waals surface area contributed by atoms with Crippen molar-refractivity contribution in [3.8, 4) is 0 Å². The predicted octanol–water partition coefficient (Wildman–Crippen LogP) is 3.36. The Morgan fingerprint density at radius 1 is 1.09 bits per heavy atom. The van der Waals surface area contributed by atoms with Crippen LogP contribution in [0.1, 0.15) is 39.5 Å². The van der Waals surface area contributed by atoms with Gasteiger partial charge in [0.05, 0.1) is 11.2 Å². The Balaban J connectivity index is 0.000000258. The van der Waals surface area contributed by atoms with Crippen molar-refractivity contribution in [2.24, 2.45) is 0 Å². The normalized spacial score (nSPS) is 21.2. The van der Waals surface area contributed by atoms with Crippen molar-refractivity contribution in [2.45, 2.75) is 45.2 Å². The Hall–Kier alpha value is -1.09. The Morgan fingerprint density at radius 2 is 1.64 bits per heavy atom. The van der Waals surface area contributed by atoms with Crippen LogP contribution in [0.3, 0.4) is 0 Å². The molecule has 4 heteroatoms. The fourth-order valence-corrected chi connectivity index (χ4v) is 1.99. The number of allylic oxidation sites excluding steroid dienone is 5. The maximum atomic E-state index is 9.87. The first-order valence-corrected chi connectivity index (χ1v) is 7.10. The van der Waals surface area contributed by atoms with Gasteiger partial charge in [-0.05, 0) is 33.3 Å². The average molecular weight is 387 g/mol. The summed E-state index contributed by atoms with van der Waals surface area (Å²) < 4.78 is 11.8. The zero-order valence-corrected chi connectivity index (χ0v) is 15.1. The largest absolute Gasteiger partial charge is 2.00 e. The van der Waals surface area contributed by atoms with Crippen LogP contribution in [-0.4, -0.2) is 11.2 Å². The van der Waals surface area contributed by atoms with Crippen molar-refractivity contribution >= 4 is 0 Å². The second-order valence-corrected chi connectivity index (χ2v) is 6.14. The molecule has 22 heavy (non-hydrogen) atoms. The van der Waals surface area contributed by atoms with Gasteiger partial charge in [-0.15, -0.1) is 11.8 Å². The van der Waals surface area contributed by atoms with Crippen molar-refractivity contribution in [2.75, 3.05) is 0 Å².